The zero-order chi connectivity index (χ0) is 11.5. The highest BCUT2D eigenvalue weighted by atomic mass is 19.1. The molecule has 0 aliphatic heterocycles. The molecular formula is C13H10FNO. The molecule has 1 aromatic carbocycles. The van der Waals surface area contributed by atoms with E-state index in [2.05, 4.69) is 4.98 Å². The molecule has 0 aliphatic carbocycles. The van der Waals surface area contributed by atoms with Gasteiger partial charge in [0, 0.05) is 23.5 Å². The molecule has 0 N–H and O–H groups in total. The molecule has 0 atom stereocenters. The summed E-state index contributed by atoms with van der Waals surface area (Å²) < 4.78 is 13.0. The van der Waals surface area contributed by atoms with Gasteiger partial charge in [-0.2, -0.15) is 0 Å². The number of carbonyl (C=O) groups excluding carboxylic acids is 1. The van der Waals surface area contributed by atoms with Crippen LogP contribution in [-0.4, -0.2) is 11.3 Å². The van der Waals surface area contributed by atoms with Gasteiger partial charge in [0.2, 0.25) is 0 Å². The van der Waals surface area contributed by atoms with E-state index in [1.807, 2.05) is 13.0 Å². The Balaban J connectivity index is 2.65. The molecule has 0 bridgehead atoms. The molecule has 0 unspecified atom stereocenters. The Morgan fingerprint density at radius 2 is 2.06 bits per heavy atom. The highest BCUT2D eigenvalue weighted by Crippen LogP contribution is 2.25. The summed E-state index contributed by atoms with van der Waals surface area (Å²) in [6.45, 7) is 1.93. The third-order valence-corrected chi connectivity index (χ3v) is 2.47. The number of aromatic nitrogens is 1. The van der Waals surface area contributed by atoms with Gasteiger partial charge in [-0.3, -0.25) is 9.78 Å². The van der Waals surface area contributed by atoms with Gasteiger partial charge >= 0.3 is 0 Å². The van der Waals surface area contributed by atoms with Crippen LogP contribution < -0.4 is 0 Å². The zero-order valence-electron chi connectivity index (χ0n) is 8.77. The van der Waals surface area contributed by atoms with Crippen LogP contribution in [0.15, 0.2) is 36.7 Å². The minimum absolute atomic E-state index is 0.344. The maximum absolute atomic E-state index is 13.0. The lowest BCUT2D eigenvalue weighted by Crippen LogP contribution is -1.92. The lowest BCUT2D eigenvalue weighted by molar-refractivity contribution is 0.112. The maximum atomic E-state index is 13.0. The van der Waals surface area contributed by atoms with E-state index in [0.717, 1.165) is 11.1 Å². The van der Waals surface area contributed by atoms with E-state index in [1.165, 1.54) is 12.1 Å². The fraction of sp³-hybridized carbons (Fsp3) is 0.0769. The third kappa shape index (κ3) is 1.84. The second kappa shape index (κ2) is 4.23. The number of nitrogens with zero attached hydrogens (tertiary/aromatic N) is 1. The summed E-state index contributed by atoms with van der Waals surface area (Å²) in [6, 6.07) is 6.03. The van der Waals surface area contributed by atoms with Gasteiger partial charge < -0.3 is 0 Å². The number of aldehydes is 1. The van der Waals surface area contributed by atoms with Crippen LogP contribution in [0.1, 0.15) is 15.9 Å². The summed E-state index contributed by atoms with van der Waals surface area (Å²) in [5.74, 6) is -0.410. The van der Waals surface area contributed by atoms with Crippen LogP contribution in [-0.2, 0) is 0 Å². The fourth-order valence-corrected chi connectivity index (χ4v) is 1.62. The average Bonchev–Trinajstić information content (AvgIpc) is 2.30. The van der Waals surface area contributed by atoms with E-state index in [-0.39, 0.29) is 0 Å². The smallest absolute Gasteiger partial charge is 0.150 e. The van der Waals surface area contributed by atoms with Crippen LogP contribution in [0, 0.1) is 12.7 Å². The van der Waals surface area contributed by atoms with Gasteiger partial charge in [0.15, 0.2) is 6.29 Å². The molecule has 0 saturated heterocycles. The largest absolute Gasteiger partial charge is 0.298 e. The van der Waals surface area contributed by atoms with E-state index in [4.69, 9.17) is 0 Å². The van der Waals surface area contributed by atoms with E-state index in [1.54, 1.807) is 18.5 Å². The maximum Gasteiger partial charge on any atom is 0.150 e. The Bertz CT molecular complexity index is 537. The van der Waals surface area contributed by atoms with Crippen LogP contribution in [0.4, 0.5) is 4.39 Å². The van der Waals surface area contributed by atoms with Crippen LogP contribution >= 0.6 is 0 Å². The predicted molar refractivity (Wildman–Crippen MR) is 59.8 cm³/mol. The molecule has 0 amide bonds. The number of rotatable bonds is 2. The molecule has 1 heterocycles. The standard InChI is InChI=1S/C13H10FNO/c1-9-4-5-15-7-13(9)12-3-2-11(14)6-10(12)8-16/h2-8H,1H3. The summed E-state index contributed by atoms with van der Waals surface area (Å²) in [6.07, 6.45) is 4.02. The molecule has 3 heteroatoms. The van der Waals surface area contributed by atoms with Gasteiger partial charge in [-0.1, -0.05) is 6.07 Å². The fourth-order valence-electron chi connectivity index (χ4n) is 1.62. The van der Waals surface area contributed by atoms with E-state index >= 15 is 0 Å². The molecule has 1 aromatic heterocycles. The topological polar surface area (TPSA) is 30.0 Å². The second-order valence-electron chi connectivity index (χ2n) is 3.54. The number of aryl methyl sites for hydroxylation is 1. The lowest BCUT2D eigenvalue weighted by atomic mass is 9.98. The van der Waals surface area contributed by atoms with Crippen LogP contribution in [0.2, 0.25) is 0 Å². The van der Waals surface area contributed by atoms with E-state index in [9.17, 15) is 9.18 Å². The molecule has 2 nitrogen and oxygen atoms in total. The van der Waals surface area contributed by atoms with Crippen molar-refractivity contribution in [2.24, 2.45) is 0 Å². The number of benzene rings is 1. The Morgan fingerprint density at radius 1 is 1.25 bits per heavy atom. The molecule has 0 saturated carbocycles. The molecule has 2 aromatic rings. The summed E-state index contributed by atoms with van der Waals surface area (Å²) in [7, 11) is 0. The van der Waals surface area contributed by atoms with Crippen LogP contribution in [0.3, 0.4) is 0 Å². The number of halogens is 1. The number of hydrogen-bond donors (Lipinski definition) is 0. The summed E-state index contributed by atoms with van der Waals surface area (Å²) in [5, 5.41) is 0. The highest BCUT2D eigenvalue weighted by molar-refractivity contribution is 5.88. The molecule has 0 fully saturated rings. The molecule has 80 valence electrons. The van der Waals surface area contributed by atoms with Gasteiger partial charge in [0.25, 0.3) is 0 Å². The first kappa shape index (κ1) is 10.5. The lowest BCUT2D eigenvalue weighted by Gasteiger charge is -2.07. The van der Waals surface area contributed by atoms with Gasteiger partial charge in [-0.05, 0) is 36.2 Å². The van der Waals surface area contributed by atoms with Crippen molar-refractivity contribution in [3.63, 3.8) is 0 Å². The average molecular weight is 215 g/mol. The van der Waals surface area contributed by atoms with Crippen molar-refractivity contribution in [2.75, 3.05) is 0 Å². The molecule has 2 rings (SSSR count). The Hall–Kier alpha value is -2.03. The monoisotopic (exact) mass is 215 g/mol. The molecule has 16 heavy (non-hydrogen) atoms. The van der Waals surface area contributed by atoms with Gasteiger partial charge in [-0.15, -0.1) is 0 Å². The number of carbonyl (C=O) groups is 1. The molecule has 0 spiro atoms. The summed E-state index contributed by atoms with van der Waals surface area (Å²) in [4.78, 5) is 14.9. The third-order valence-electron chi connectivity index (χ3n) is 2.47. The van der Waals surface area contributed by atoms with Gasteiger partial charge in [-0.25, -0.2) is 4.39 Å². The van der Waals surface area contributed by atoms with Crippen molar-refractivity contribution in [1.29, 1.82) is 0 Å². The first-order valence-electron chi connectivity index (χ1n) is 4.88. The molecular weight excluding hydrogens is 205 g/mol. The van der Waals surface area contributed by atoms with Crippen molar-refractivity contribution in [2.45, 2.75) is 6.92 Å². The quantitative estimate of drug-likeness (QED) is 0.721. The number of hydrogen-bond acceptors (Lipinski definition) is 2. The van der Waals surface area contributed by atoms with Crippen molar-refractivity contribution >= 4 is 6.29 Å². The van der Waals surface area contributed by atoms with Gasteiger partial charge in [0.1, 0.15) is 5.82 Å². The Morgan fingerprint density at radius 3 is 2.75 bits per heavy atom. The highest BCUT2D eigenvalue weighted by Gasteiger charge is 2.08. The summed E-state index contributed by atoms with van der Waals surface area (Å²) >= 11 is 0. The van der Waals surface area contributed by atoms with Crippen molar-refractivity contribution in [3.05, 3.63) is 53.6 Å². The summed E-state index contributed by atoms with van der Waals surface area (Å²) in [5.41, 5.74) is 2.91. The van der Waals surface area contributed by atoms with Crippen LogP contribution in [0.25, 0.3) is 11.1 Å². The van der Waals surface area contributed by atoms with Crippen molar-refractivity contribution in [3.8, 4) is 11.1 Å². The first-order chi connectivity index (χ1) is 7.72. The SMILES string of the molecule is Cc1ccncc1-c1ccc(F)cc1C=O. The van der Waals surface area contributed by atoms with Crippen molar-refractivity contribution in [1.82, 2.24) is 4.98 Å². The van der Waals surface area contributed by atoms with Gasteiger partial charge in [0.05, 0.1) is 0 Å². The second-order valence-corrected chi connectivity index (χ2v) is 3.54. The predicted octanol–water partition coefficient (Wildman–Crippen LogP) is 3.01. The Labute approximate surface area is 92.8 Å². The molecule has 0 radical (unpaired) electrons. The van der Waals surface area contributed by atoms with E-state index < -0.39 is 5.82 Å². The normalized spacial score (nSPS) is 10.1. The zero-order valence-corrected chi connectivity index (χ0v) is 8.77. The Kier molecular flexibility index (Phi) is 2.77. The van der Waals surface area contributed by atoms with Crippen molar-refractivity contribution < 1.29 is 9.18 Å². The van der Waals surface area contributed by atoms with Crippen LogP contribution in [0.5, 0.6) is 0 Å². The molecule has 0 aliphatic rings. The first-order valence-corrected chi connectivity index (χ1v) is 4.88. The minimum atomic E-state index is -0.410. The number of pyridine rings is 1. The minimum Gasteiger partial charge on any atom is -0.298 e. The van der Waals surface area contributed by atoms with E-state index in [0.29, 0.717) is 17.4 Å².